The van der Waals surface area contributed by atoms with Crippen LogP contribution >= 0.6 is 24.0 Å². The molecule has 0 amide bonds. The Bertz CT molecular complexity index is 411. The van der Waals surface area contributed by atoms with E-state index >= 15 is 0 Å². The number of hydrogen-bond donors (Lipinski definition) is 2. The number of piperidine rings is 1. The van der Waals surface area contributed by atoms with Gasteiger partial charge in [0.1, 0.15) is 0 Å². The van der Waals surface area contributed by atoms with E-state index in [4.69, 9.17) is 4.74 Å². The zero-order chi connectivity index (χ0) is 18.1. The van der Waals surface area contributed by atoms with Crippen molar-refractivity contribution in [3.8, 4) is 0 Å². The molecule has 9 heteroatoms. The van der Waals surface area contributed by atoms with Crippen molar-refractivity contribution in [3.05, 3.63) is 0 Å². The lowest BCUT2D eigenvalue weighted by atomic mass is 9.93. The molecule has 2 fully saturated rings. The number of hydrogen-bond acceptors (Lipinski definition) is 3. The van der Waals surface area contributed by atoms with Crippen molar-refractivity contribution >= 4 is 29.9 Å². The molecule has 2 N–H and O–H groups in total. The van der Waals surface area contributed by atoms with Crippen molar-refractivity contribution in [1.82, 2.24) is 15.5 Å². The molecule has 0 spiro atoms. The molecule has 0 radical (unpaired) electrons. The number of halogens is 4. The van der Waals surface area contributed by atoms with Gasteiger partial charge in [-0.3, -0.25) is 9.89 Å². The molecule has 0 atom stereocenters. The Labute approximate surface area is 171 Å². The van der Waals surface area contributed by atoms with Crippen molar-refractivity contribution in [2.45, 2.75) is 38.3 Å². The molecule has 1 aliphatic heterocycles. The fraction of sp³-hybridized carbons (Fsp3) is 0.941. The number of rotatable bonds is 9. The van der Waals surface area contributed by atoms with E-state index in [0.29, 0.717) is 25.6 Å². The number of guanidine groups is 1. The van der Waals surface area contributed by atoms with E-state index in [2.05, 4.69) is 15.6 Å². The highest BCUT2D eigenvalue weighted by Crippen LogP contribution is 2.28. The van der Waals surface area contributed by atoms with E-state index in [1.807, 2.05) is 0 Å². The highest BCUT2D eigenvalue weighted by atomic mass is 127. The van der Waals surface area contributed by atoms with Gasteiger partial charge in [-0.2, -0.15) is 13.2 Å². The molecule has 0 aromatic rings. The van der Waals surface area contributed by atoms with Gasteiger partial charge >= 0.3 is 6.18 Å². The van der Waals surface area contributed by atoms with Crippen molar-refractivity contribution in [1.29, 1.82) is 0 Å². The highest BCUT2D eigenvalue weighted by molar-refractivity contribution is 14.0. The monoisotopic (exact) mass is 492 g/mol. The van der Waals surface area contributed by atoms with E-state index in [9.17, 15) is 13.2 Å². The Balaban J connectivity index is 0.00000338. The molecule has 2 aliphatic rings. The second kappa shape index (κ2) is 12.2. The quantitative estimate of drug-likeness (QED) is 0.225. The standard InChI is InChI=1S/C17H31F3N4O.HI/c1-21-16(23-8-11-25-12-15-2-3-15)22-7-4-14-5-9-24(10-6-14)13-17(18,19)20;/h14-15H,2-13H2,1H3,(H2,21,22,23);1H. The summed E-state index contributed by atoms with van der Waals surface area (Å²) in [7, 11) is 1.73. The Hall–Kier alpha value is -0.290. The molecular weight excluding hydrogens is 460 g/mol. The third kappa shape index (κ3) is 10.8. The lowest BCUT2D eigenvalue weighted by molar-refractivity contribution is -0.148. The van der Waals surface area contributed by atoms with Crippen LogP contribution in [0.2, 0.25) is 0 Å². The van der Waals surface area contributed by atoms with Crippen molar-refractivity contribution < 1.29 is 17.9 Å². The van der Waals surface area contributed by atoms with Gasteiger partial charge in [0, 0.05) is 26.7 Å². The third-order valence-electron chi connectivity index (χ3n) is 4.77. The van der Waals surface area contributed by atoms with Crippen LogP contribution in [-0.2, 0) is 4.74 Å². The summed E-state index contributed by atoms with van der Waals surface area (Å²) in [4.78, 5) is 5.68. The minimum Gasteiger partial charge on any atom is -0.379 e. The lowest BCUT2D eigenvalue weighted by Crippen LogP contribution is -2.42. The van der Waals surface area contributed by atoms with Crippen LogP contribution in [0.15, 0.2) is 4.99 Å². The molecule has 154 valence electrons. The molecule has 0 aromatic heterocycles. The first kappa shape index (κ1) is 23.7. The Morgan fingerprint density at radius 2 is 1.73 bits per heavy atom. The highest BCUT2D eigenvalue weighted by Gasteiger charge is 2.32. The van der Waals surface area contributed by atoms with E-state index < -0.39 is 12.7 Å². The maximum atomic E-state index is 12.4. The molecule has 0 unspecified atom stereocenters. The number of ether oxygens (including phenoxy) is 1. The van der Waals surface area contributed by atoms with Crippen LogP contribution in [0.1, 0.15) is 32.1 Å². The zero-order valence-electron chi connectivity index (χ0n) is 15.5. The summed E-state index contributed by atoms with van der Waals surface area (Å²) in [5.74, 6) is 2.02. The molecular formula is C17H32F3IN4O. The molecule has 1 heterocycles. The topological polar surface area (TPSA) is 48.9 Å². The number of aliphatic imine (C=N–C) groups is 1. The predicted octanol–water partition coefficient (Wildman–Crippen LogP) is 2.86. The van der Waals surface area contributed by atoms with Gasteiger partial charge in [-0.15, -0.1) is 24.0 Å². The molecule has 1 saturated carbocycles. The molecule has 0 bridgehead atoms. The maximum absolute atomic E-state index is 12.4. The van der Waals surface area contributed by atoms with Gasteiger partial charge in [0.2, 0.25) is 0 Å². The van der Waals surface area contributed by atoms with Crippen LogP contribution in [0.3, 0.4) is 0 Å². The van der Waals surface area contributed by atoms with Crippen LogP contribution in [0.25, 0.3) is 0 Å². The molecule has 1 saturated heterocycles. The number of alkyl halides is 3. The minimum absolute atomic E-state index is 0. The van der Waals surface area contributed by atoms with Crippen LogP contribution in [-0.4, -0.2) is 70.0 Å². The van der Waals surface area contributed by atoms with Gasteiger partial charge in [-0.1, -0.05) is 0 Å². The van der Waals surface area contributed by atoms with Gasteiger partial charge in [0.25, 0.3) is 0 Å². The van der Waals surface area contributed by atoms with Gasteiger partial charge in [-0.25, -0.2) is 0 Å². The molecule has 2 rings (SSSR count). The summed E-state index contributed by atoms with van der Waals surface area (Å²) in [5.41, 5.74) is 0. The second-order valence-corrected chi connectivity index (χ2v) is 7.07. The average molecular weight is 492 g/mol. The smallest absolute Gasteiger partial charge is 0.379 e. The first-order valence-electron chi connectivity index (χ1n) is 9.27. The Morgan fingerprint density at radius 1 is 1.08 bits per heavy atom. The molecule has 1 aliphatic carbocycles. The number of nitrogens with one attached hydrogen (secondary N) is 2. The summed E-state index contributed by atoms with van der Waals surface area (Å²) in [6.45, 7) is 3.34. The molecule has 0 aromatic carbocycles. The normalized spacial score (nSPS) is 19.9. The van der Waals surface area contributed by atoms with Crippen molar-refractivity contribution in [2.75, 3.05) is 53.0 Å². The Kier molecular flexibility index (Phi) is 11.2. The fourth-order valence-corrected chi connectivity index (χ4v) is 3.08. The van der Waals surface area contributed by atoms with E-state index in [1.165, 1.54) is 17.7 Å². The van der Waals surface area contributed by atoms with Crippen LogP contribution < -0.4 is 10.6 Å². The molecule has 5 nitrogen and oxygen atoms in total. The minimum atomic E-state index is -4.09. The first-order valence-corrected chi connectivity index (χ1v) is 9.27. The third-order valence-corrected chi connectivity index (χ3v) is 4.77. The zero-order valence-corrected chi connectivity index (χ0v) is 17.8. The SMILES string of the molecule is CN=C(NCCOCC1CC1)NCCC1CCN(CC(F)(F)F)CC1.I. The molecule has 26 heavy (non-hydrogen) atoms. The number of nitrogens with zero attached hydrogens (tertiary/aromatic N) is 2. The van der Waals surface area contributed by atoms with Crippen LogP contribution in [0, 0.1) is 11.8 Å². The van der Waals surface area contributed by atoms with E-state index in [-0.39, 0.29) is 24.0 Å². The lowest BCUT2D eigenvalue weighted by Gasteiger charge is -2.32. The predicted molar refractivity (Wildman–Crippen MR) is 108 cm³/mol. The van der Waals surface area contributed by atoms with Crippen molar-refractivity contribution in [3.63, 3.8) is 0 Å². The summed E-state index contributed by atoms with van der Waals surface area (Å²) in [6.07, 6.45) is 1.13. The summed E-state index contributed by atoms with van der Waals surface area (Å²) in [6, 6.07) is 0. The summed E-state index contributed by atoms with van der Waals surface area (Å²) < 4.78 is 42.7. The van der Waals surface area contributed by atoms with Gasteiger partial charge in [-0.05, 0) is 57.0 Å². The number of likely N-dealkylation sites (tertiary alicyclic amines) is 1. The maximum Gasteiger partial charge on any atom is 0.401 e. The average Bonchev–Trinajstić information content (AvgIpc) is 3.37. The van der Waals surface area contributed by atoms with E-state index in [0.717, 1.165) is 50.8 Å². The second-order valence-electron chi connectivity index (χ2n) is 7.07. The van der Waals surface area contributed by atoms with Gasteiger partial charge in [0.15, 0.2) is 5.96 Å². The van der Waals surface area contributed by atoms with E-state index in [1.54, 1.807) is 7.05 Å². The summed E-state index contributed by atoms with van der Waals surface area (Å²) in [5, 5.41) is 6.48. The Morgan fingerprint density at radius 3 is 2.31 bits per heavy atom. The van der Waals surface area contributed by atoms with Crippen LogP contribution in [0.4, 0.5) is 13.2 Å². The van der Waals surface area contributed by atoms with Crippen LogP contribution in [0.5, 0.6) is 0 Å². The fourth-order valence-electron chi connectivity index (χ4n) is 3.08. The largest absolute Gasteiger partial charge is 0.401 e. The summed E-state index contributed by atoms with van der Waals surface area (Å²) >= 11 is 0. The van der Waals surface area contributed by atoms with Gasteiger partial charge < -0.3 is 15.4 Å². The first-order chi connectivity index (χ1) is 12.0. The van der Waals surface area contributed by atoms with Gasteiger partial charge in [0.05, 0.1) is 13.2 Å². The van der Waals surface area contributed by atoms with Crippen molar-refractivity contribution in [2.24, 2.45) is 16.8 Å².